The minimum atomic E-state index is -0.872. The van der Waals surface area contributed by atoms with Crippen molar-refractivity contribution >= 4 is 5.91 Å². The Hall–Kier alpha value is -3.47. The van der Waals surface area contributed by atoms with Crippen LogP contribution in [0.3, 0.4) is 0 Å². The second kappa shape index (κ2) is 59.8. The SMILES string of the molecule is CC/C=C\C/C=C\C/C=C\C/C=C\C/C=C\C/C=C\C/C=C\C/C=C\C/C=C\CCCCCCCCCCCCCC(=O)NC(CO)C(O)/C=C/CC/C=C/CCCCCCCCCCCCCCC. The first-order valence-corrected chi connectivity index (χ1v) is 29.4. The average molecular weight is 967 g/mol. The molecule has 0 bridgehead atoms. The lowest BCUT2D eigenvalue weighted by Crippen LogP contribution is -2.45. The average Bonchev–Trinajstić information content (AvgIpc) is 3.36. The van der Waals surface area contributed by atoms with Gasteiger partial charge in [-0.05, 0) is 103 Å². The Morgan fingerprint density at radius 2 is 0.643 bits per heavy atom. The van der Waals surface area contributed by atoms with Gasteiger partial charge in [0.15, 0.2) is 0 Å². The van der Waals surface area contributed by atoms with Crippen LogP contribution in [0.5, 0.6) is 0 Å². The molecule has 0 heterocycles. The third-order valence-electron chi connectivity index (χ3n) is 12.6. The molecule has 0 saturated carbocycles. The number of unbranched alkanes of at least 4 members (excludes halogenated alkanes) is 25. The van der Waals surface area contributed by atoms with E-state index in [-0.39, 0.29) is 12.5 Å². The van der Waals surface area contributed by atoms with E-state index in [0.29, 0.717) is 6.42 Å². The van der Waals surface area contributed by atoms with E-state index in [2.05, 4.69) is 141 Å². The quantitative estimate of drug-likeness (QED) is 0.0420. The summed E-state index contributed by atoms with van der Waals surface area (Å²) in [6.45, 7) is 4.18. The first-order chi connectivity index (χ1) is 34.7. The van der Waals surface area contributed by atoms with Crippen LogP contribution < -0.4 is 5.32 Å². The summed E-state index contributed by atoms with van der Waals surface area (Å²) in [5.41, 5.74) is 0. The van der Waals surface area contributed by atoms with Crippen molar-refractivity contribution < 1.29 is 15.0 Å². The monoisotopic (exact) mass is 966 g/mol. The van der Waals surface area contributed by atoms with E-state index in [1.165, 1.54) is 148 Å². The van der Waals surface area contributed by atoms with Gasteiger partial charge in [0.25, 0.3) is 0 Å². The smallest absolute Gasteiger partial charge is 0.220 e. The van der Waals surface area contributed by atoms with E-state index in [0.717, 1.165) is 89.9 Å². The van der Waals surface area contributed by atoms with Crippen molar-refractivity contribution in [3.05, 3.63) is 134 Å². The molecule has 0 aromatic heterocycles. The molecule has 0 aromatic rings. The maximum absolute atomic E-state index is 12.5. The molecule has 2 atom stereocenters. The molecule has 0 rings (SSSR count). The molecule has 4 nitrogen and oxygen atoms in total. The lowest BCUT2D eigenvalue weighted by atomic mass is 10.0. The number of aliphatic hydroxyl groups excluding tert-OH is 2. The van der Waals surface area contributed by atoms with Gasteiger partial charge in [-0.15, -0.1) is 0 Å². The van der Waals surface area contributed by atoms with Gasteiger partial charge in [0.1, 0.15) is 0 Å². The van der Waals surface area contributed by atoms with Gasteiger partial charge in [-0.2, -0.15) is 0 Å². The molecule has 2 unspecified atom stereocenters. The lowest BCUT2D eigenvalue weighted by Gasteiger charge is -2.19. The molecule has 0 saturated heterocycles. The number of nitrogens with one attached hydrogen (secondary N) is 1. The highest BCUT2D eigenvalue weighted by Gasteiger charge is 2.18. The zero-order valence-corrected chi connectivity index (χ0v) is 45.7. The molecular weight excluding hydrogens is 855 g/mol. The van der Waals surface area contributed by atoms with Crippen molar-refractivity contribution in [2.45, 2.75) is 270 Å². The molecule has 1 amide bonds. The molecule has 0 radical (unpaired) electrons. The van der Waals surface area contributed by atoms with Gasteiger partial charge in [-0.3, -0.25) is 4.79 Å². The van der Waals surface area contributed by atoms with Crippen molar-refractivity contribution in [3.8, 4) is 0 Å². The van der Waals surface area contributed by atoms with Gasteiger partial charge < -0.3 is 15.5 Å². The number of carbonyl (C=O) groups is 1. The zero-order chi connectivity index (χ0) is 50.6. The summed E-state index contributed by atoms with van der Waals surface area (Å²) in [6, 6.07) is -0.650. The number of hydrogen-bond donors (Lipinski definition) is 3. The molecule has 0 fully saturated rings. The number of hydrogen-bond acceptors (Lipinski definition) is 3. The molecule has 0 aliphatic heterocycles. The van der Waals surface area contributed by atoms with Crippen LogP contribution in [0.15, 0.2) is 134 Å². The lowest BCUT2D eigenvalue weighted by molar-refractivity contribution is -0.123. The van der Waals surface area contributed by atoms with Gasteiger partial charge in [0, 0.05) is 6.42 Å². The van der Waals surface area contributed by atoms with Crippen molar-refractivity contribution in [1.29, 1.82) is 0 Å². The van der Waals surface area contributed by atoms with E-state index in [9.17, 15) is 15.0 Å². The van der Waals surface area contributed by atoms with Crippen LogP contribution >= 0.6 is 0 Å². The van der Waals surface area contributed by atoms with E-state index in [1.54, 1.807) is 6.08 Å². The van der Waals surface area contributed by atoms with Gasteiger partial charge in [0.05, 0.1) is 18.8 Å². The first kappa shape index (κ1) is 66.5. The van der Waals surface area contributed by atoms with Crippen LogP contribution in [0.4, 0.5) is 0 Å². The molecule has 3 N–H and O–H groups in total. The highest BCUT2D eigenvalue weighted by atomic mass is 16.3. The Morgan fingerprint density at radius 3 is 1.00 bits per heavy atom. The van der Waals surface area contributed by atoms with Crippen LogP contribution in [-0.2, 0) is 4.79 Å². The number of carbonyl (C=O) groups excluding carboxylic acids is 1. The largest absolute Gasteiger partial charge is 0.394 e. The first-order valence-electron chi connectivity index (χ1n) is 29.4. The Bertz CT molecular complexity index is 1420. The Labute approximate surface area is 434 Å². The van der Waals surface area contributed by atoms with Gasteiger partial charge in [-0.25, -0.2) is 0 Å². The maximum Gasteiger partial charge on any atom is 0.220 e. The molecule has 0 aromatic carbocycles. The molecule has 0 spiro atoms. The maximum atomic E-state index is 12.5. The topological polar surface area (TPSA) is 69.6 Å². The Morgan fingerprint density at radius 1 is 0.357 bits per heavy atom. The fourth-order valence-electron chi connectivity index (χ4n) is 8.19. The van der Waals surface area contributed by atoms with Crippen molar-refractivity contribution in [2.24, 2.45) is 0 Å². The van der Waals surface area contributed by atoms with Crippen LogP contribution in [0, 0.1) is 0 Å². The predicted octanol–water partition coefficient (Wildman–Crippen LogP) is 19.8. The molecule has 4 heteroatoms. The standard InChI is InChI=1S/C66H111NO3/c1-3-5-7-9-11-13-15-17-19-21-23-24-25-26-27-28-29-30-31-32-33-34-35-36-37-38-39-40-41-42-44-46-48-50-52-54-56-58-60-62-66(70)67-64(63-68)65(69)61-59-57-55-53-51-49-47-45-43-22-20-18-16-14-12-10-8-6-4-2/h5,7,11,13,17,19,23-24,26-27,29-30,32-33,35-36,38-39,51,53,59,61,64-65,68-69H,3-4,6,8-10,12,14-16,18,20-22,25,28,31,34,37,40-50,52,54-58,60,62-63H2,1-2H3,(H,67,70)/b7-5-,13-11-,19-17-,24-23-,27-26-,30-29-,33-32-,36-35-,39-38-,53-51+,61-59+. The fourth-order valence-corrected chi connectivity index (χ4v) is 8.19. The third kappa shape index (κ3) is 55.5. The van der Waals surface area contributed by atoms with E-state index >= 15 is 0 Å². The summed E-state index contributed by atoms with van der Waals surface area (Å²) in [5.74, 6) is -0.0812. The van der Waals surface area contributed by atoms with Crippen LogP contribution in [0.1, 0.15) is 258 Å². The predicted molar refractivity (Wildman–Crippen MR) is 312 cm³/mol. The summed E-state index contributed by atoms with van der Waals surface area (Å²) in [6.07, 6.45) is 93.3. The zero-order valence-electron chi connectivity index (χ0n) is 45.7. The number of allylic oxidation sites excluding steroid dienone is 21. The molecule has 398 valence electrons. The number of amides is 1. The van der Waals surface area contributed by atoms with Gasteiger partial charge >= 0.3 is 0 Å². The molecule has 0 aliphatic rings. The molecular formula is C66H111NO3. The number of rotatable bonds is 52. The summed E-state index contributed by atoms with van der Waals surface area (Å²) >= 11 is 0. The highest BCUT2D eigenvalue weighted by molar-refractivity contribution is 5.76. The van der Waals surface area contributed by atoms with Crippen molar-refractivity contribution in [2.75, 3.05) is 6.61 Å². The van der Waals surface area contributed by atoms with Crippen molar-refractivity contribution in [1.82, 2.24) is 5.32 Å². The minimum Gasteiger partial charge on any atom is -0.394 e. The second-order valence-corrected chi connectivity index (χ2v) is 19.3. The van der Waals surface area contributed by atoms with Crippen LogP contribution in [-0.4, -0.2) is 34.9 Å². The third-order valence-corrected chi connectivity index (χ3v) is 12.6. The van der Waals surface area contributed by atoms with Crippen LogP contribution in [0.25, 0.3) is 0 Å². The van der Waals surface area contributed by atoms with E-state index in [4.69, 9.17) is 0 Å². The van der Waals surface area contributed by atoms with E-state index in [1.807, 2.05) is 6.08 Å². The molecule has 0 aliphatic carbocycles. The summed E-state index contributed by atoms with van der Waals surface area (Å²) in [7, 11) is 0. The normalized spacial score (nSPS) is 13.8. The summed E-state index contributed by atoms with van der Waals surface area (Å²) in [5, 5.41) is 23.1. The summed E-state index contributed by atoms with van der Waals surface area (Å²) < 4.78 is 0. The number of aliphatic hydroxyl groups is 2. The highest BCUT2D eigenvalue weighted by Crippen LogP contribution is 2.15. The van der Waals surface area contributed by atoms with Crippen molar-refractivity contribution in [3.63, 3.8) is 0 Å². The minimum absolute atomic E-state index is 0.0812. The van der Waals surface area contributed by atoms with Gasteiger partial charge in [-0.1, -0.05) is 282 Å². The molecule has 70 heavy (non-hydrogen) atoms. The Kier molecular flexibility index (Phi) is 56.9. The fraction of sp³-hybridized carbons (Fsp3) is 0.652. The summed E-state index contributed by atoms with van der Waals surface area (Å²) in [4.78, 5) is 12.5. The van der Waals surface area contributed by atoms with Crippen LogP contribution in [0.2, 0.25) is 0 Å². The second-order valence-electron chi connectivity index (χ2n) is 19.3. The van der Waals surface area contributed by atoms with Gasteiger partial charge in [0.2, 0.25) is 5.91 Å². The van der Waals surface area contributed by atoms with E-state index < -0.39 is 12.1 Å². The Balaban J connectivity index is 3.61.